The molecular weight excluding hydrogens is 208 g/mol. The van der Waals surface area contributed by atoms with Crippen molar-refractivity contribution in [1.82, 2.24) is 0 Å². The van der Waals surface area contributed by atoms with Crippen LogP contribution in [0.4, 0.5) is 0 Å². The van der Waals surface area contributed by atoms with Gasteiger partial charge < -0.3 is 4.74 Å². The summed E-state index contributed by atoms with van der Waals surface area (Å²) in [6.45, 7) is 4.91. The molecule has 16 heavy (non-hydrogen) atoms. The van der Waals surface area contributed by atoms with Crippen molar-refractivity contribution in [3.63, 3.8) is 0 Å². The molecule has 0 bridgehead atoms. The van der Waals surface area contributed by atoms with E-state index in [0.29, 0.717) is 6.42 Å². The van der Waals surface area contributed by atoms with Crippen molar-refractivity contribution < 1.29 is 19.1 Å². The van der Waals surface area contributed by atoms with Gasteiger partial charge in [0.1, 0.15) is 17.5 Å². The second-order valence-electron chi connectivity index (χ2n) is 3.97. The molecule has 0 aromatic heterocycles. The molecule has 0 radical (unpaired) electrons. The largest absolute Gasteiger partial charge is 0.468 e. The van der Waals surface area contributed by atoms with Gasteiger partial charge in [0.15, 0.2) is 0 Å². The number of carbonyl (C=O) groups excluding carboxylic acids is 3. The monoisotopic (exact) mass is 228 g/mol. The van der Waals surface area contributed by atoms with Crippen molar-refractivity contribution in [2.24, 2.45) is 11.8 Å². The van der Waals surface area contributed by atoms with Gasteiger partial charge in [0.05, 0.1) is 7.11 Å². The Morgan fingerprint density at radius 1 is 1.25 bits per heavy atom. The normalized spacial score (nSPS) is 14.0. The van der Waals surface area contributed by atoms with Gasteiger partial charge in [0.25, 0.3) is 0 Å². The van der Waals surface area contributed by atoms with Crippen molar-refractivity contribution in [2.75, 3.05) is 7.11 Å². The van der Waals surface area contributed by atoms with E-state index in [-0.39, 0.29) is 11.6 Å². The fraction of sp³-hybridized carbons (Fsp3) is 0.750. The summed E-state index contributed by atoms with van der Waals surface area (Å²) in [5, 5.41) is 0. The minimum absolute atomic E-state index is 0.0487. The number of carbonyl (C=O) groups is 3. The molecule has 0 fully saturated rings. The number of hydrogen-bond acceptors (Lipinski definition) is 4. The maximum absolute atomic E-state index is 11.7. The lowest BCUT2D eigenvalue weighted by Crippen LogP contribution is -2.33. The van der Waals surface area contributed by atoms with Gasteiger partial charge in [-0.15, -0.1) is 0 Å². The number of Topliss-reactive ketones (excluding diaryl/α,β-unsaturated/α-hetero) is 2. The Bertz CT molecular complexity index is 270. The number of ether oxygens (including phenoxy) is 1. The summed E-state index contributed by atoms with van der Waals surface area (Å²) >= 11 is 0. The highest BCUT2D eigenvalue weighted by atomic mass is 16.5. The van der Waals surface area contributed by atoms with E-state index in [1.807, 2.05) is 6.92 Å². The molecular formula is C12H20O4. The highest BCUT2D eigenvalue weighted by Gasteiger charge is 2.34. The Morgan fingerprint density at radius 2 is 1.81 bits per heavy atom. The predicted molar refractivity (Wildman–Crippen MR) is 59.9 cm³/mol. The van der Waals surface area contributed by atoms with E-state index in [9.17, 15) is 14.4 Å². The van der Waals surface area contributed by atoms with E-state index in [2.05, 4.69) is 4.74 Å². The SMILES string of the molecule is CCCCC(=O)C(C)C(C(C)=O)C(=O)OC. The summed E-state index contributed by atoms with van der Waals surface area (Å²) in [6.07, 6.45) is 2.12. The van der Waals surface area contributed by atoms with Crippen LogP contribution in [0.15, 0.2) is 0 Å². The number of methoxy groups -OCH3 is 1. The molecule has 0 aromatic carbocycles. The van der Waals surface area contributed by atoms with E-state index in [1.165, 1.54) is 14.0 Å². The van der Waals surface area contributed by atoms with Crippen molar-refractivity contribution in [1.29, 1.82) is 0 Å². The molecule has 0 saturated carbocycles. The van der Waals surface area contributed by atoms with Gasteiger partial charge >= 0.3 is 5.97 Å². The van der Waals surface area contributed by atoms with Crippen LogP contribution in [-0.2, 0) is 19.1 Å². The summed E-state index contributed by atoms with van der Waals surface area (Å²) in [6, 6.07) is 0. The van der Waals surface area contributed by atoms with Crippen LogP contribution in [0, 0.1) is 11.8 Å². The number of ketones is 2. The van der Waals surface area contributed by atoms with Gasteiger partial charge in [-0.25, -0.2) is 0 Å². The van der Waals surface area contributed by atoms with Crippen LogP contribution in [0.3, 0.4) is 0 Å². The van der Waals surface area contributed by atoms with E-state index in [4.69, 9.17) is 0 Å². The van der Waals surface area contributed by atoms with Crippen molar-refractivity contribution in [2.45, 2.75) is 40.0 Å². The Kier molecular flexibility index (Phi) is 6.61. The van der Waals surface area contributed by atoms with Gasteiger partial charge in [0, 0.05) is 12.3 Å². The maximum atomic E-state index is 11.7. The fourth-order valence-electron chi connectivity index (χ4n) is 1.61. The standard InChI is InChI=1S/C12H20O4/c1-5-6-7-10(14)8(2)11(9(3)13)12(15)16-4/h8,11H,5-7H2,1-4H3. The van der Waals surface area contributed by atoms with Crippen molar-refractivity contribution in [3.05, 3.63) is 0 Å². The first kappa shape index (κ1) is 14.8. The van der Waals surface area contributed by atoms with Crippen LogP contribution >= 0.6 is 0 Å². The highest BCUT2D eigenvalue weighted by molar-refractivity contribution is 6.02. The molecule has 0 heterocycles. The van der Waals surface area contributed by atoms with Crippen LogP contribution in [0.25, 0.3) is 0 Å². The summed E-state index contributed by atoms with van der Waals surface area (Å²) in [5.74, 6) is -2.52. The van der Waals surface area contributed by atoms with E-state index in [0.717, 1.165) is 12.8 Å². The van der Waals surface area contributed by atoms with Gasteiger partial charge in [0.2, 0.25) is 0 Å². The lowest BCUT2D eigenvalue weighted by atomic mass is 9.85. The zero-order valence-electron chi connectivity index (χ0n) is 10.4. The maximum Gasteiger partial charge on any atom is 0.316 e. The molecule has 0 aromatic rings. The summed E-state index contributed by atoms with van der Waals surface area (Å²) < 4.78 is 4.54. The highest BCUT2D eigenvalue weighted by Crippen LogP contribution is 2.18. The minimum atomic E-state index is -0.950. The molecule has 4 heteroatoms. The smallest absolute Gasteiger partial charge is 0.316 e. The van der Waals surface area contributed by atoms with Crippen LogP contribution in [0.1, 0.15) is 40.0 Å². The van der Waals surface area contributed by atoms with Crippen LogP contribution in [-0.4, -0.2) is 24.6 Å². The average molecular weight is 228 g/mol. The first-order chi connectivity index (χ1) is 7.45. The Labute approximate surface area is 96.4 Å². The van der Waals surface area contributed by atoms with Crippen LogP contribution < -0.4 is 0 Å². The predicted octanol–water partition coefficient (Wildman–Crippen LogP) is 1.76. The third kappa shape index (κ3) is 4.13. The topological polar surface area (TPSA) is 60.4 Å². The molecule has 0 amide bonds. The first-order valence-corrected chi connectivity index (χ1v) is 5.56. The number of rotatable bonds is 7. The van der Waals surface area contributed by atoms with E-state index in [1.54, 1.807) is 6.92 Å². The van der Waals surface area contributed by atoms with E-state index < -0.39 is 17.8 Å². The van der Waals surface area contributed by atoms with E-state index >= 15 is 0 Å². The summed E-state index contributed by atoms with van der Waals surface area (Å²) in [7, 11) is 1.22. The molecule has 0 aliphatic heterocycles. The molecule has 4 nitrogen and oxygen atoms in total. The molecule has 0 aliphatic carbocycles. The van der Waals surface area contributed by atoms with Crippen molar-refractivity contribution >= 4 is 17.5 Å². The molecule has 2 unspecified atom stereocenters. The average Bonchev–Trinajstić information content (AvgIpc) is 2.24. The zero-order valence-corrected chi connectivity index (χ0v) is 10.4. The lowest BCUT2D eigenvalue weighted by molar-refractivity contribution is -0.153. The van der Waals surface area contributed by atoms with Crippen LogP contribution in [0.5, 0.6) is 0 Å². The first-order valence-electron chi connectivity index (χ1n) is 5.56. The Hall–Kier alpha value is -1.19. The zero-order chi connectivity index (χ0) is 12.7. The fourth-order valence-corrected chi connectivity index (χ4v) is 1.61. The van der Waals surface area contributed by atoms with Gasteiger partial charge in [-0.1, -0.05) is 20.3 Å². The Balaban J connectivity index is 4.61. The lowest BCUT2D eigenvalue weighted by Gasteiger charge is -2.17. The molecule has 2 atom stereocenters. The van der Waals surface area contributed by atoms with Gasteiger partial charge in [-0.3, -0.25) is 14.4 Å². The molecule has 0 spiro atoms. The second kappa shape index (κ2) is 7.14. The Morgan fingerprint density at radius 3 is 2.19 bits per heavy atom. The van der Waals surface area contributed by atoms with Crippen LogP contribution in [0.2, 0.25) is 0 Å². The summed E-state index contributed by atoms with van der Waals surface area (Å²) in [4.78, 5) is 34.4. The summed E-state index contributed by atoms with van der Waals surface area (Å²) in [5.41, 5.74) is 0. The third-order valence-electron chi connectivity index (χ3n) is 2.68. The minimum Gasteiger partial charge on any atom is -0.468 e. The number of hydrogen-bond donors (Lipinski definition) is 0. The molecule has 0 aliphatic rings. The van der Waals surface area contributed by atoms with Gasteiger partial charge in [-0.2, -0.15) is 0 Å². The second-order valence-corrected chi connectivity index (χ2v) is 3.97. The molecule has 92 valence electrons. The number of esters is 1. The molecule has 0 saturated heterocycles. The number of unbranched alkanes of at least 4 members (excludes halogenated alkanes) is 1. The molecule has 0 rings (SSSR count). The van der Waals surface area contributed by atoms with Crippen molar-refractivity contribution in [3.8, 4) is 0 Å². The molecule has 0 N–H and O–H groups in total. The quantitative estimate of drug-likeness (QED) is 0.492. The third-order valence-corrected chi connectivity index (χ3v) is 2.68. The van der Waals surface area contributed by atoms with Gasteiger partial charge in [-0.05, 0) is 13.3 Å².